The van der Waals surface area contributed by atoms with Crippen molar-refractivity contribution >= 4 is 21.6 Å². The summed E-state index contributed by atoms with van der Waals surface area (Å²) in [7, 11) is -2.35. The number of aliphatic hydroxyl groups is 1. The van der Waals surface area contributed by atoms with Crippen LogP contribution in [0.3, 0.4) is 0 Å². The summed E-state index contributed by atoms with van der Waals surface area (Å²) in [5.41, 5.74) is -0.708. The third-order valence-corrected chi connectivity index (χ3v) is 5.13. The maximum absolute atomic E-state index is 12.3. The Morgan fingerprint density at radius 2 is 1.87 bits per heavy atom. The lowest BCUT2D eigenvalue weighted by Crippen LogP contribution is -2.38. The molecule has 2 aromatic carbocycles. The molecule has 0 fully saturated rings. The van der Waals surface area contributed by atoms with Gasteiger partial charge in [0.2, 0.25) is 10.0 Å². The fraction of sp³-hybridized carbons (Fsp3) is 0.250. The first-order valence-corrected chi connectivity index (χ1v) is 8.73. The van der Waals surface area contributed by atoms with Crippen LogP contribution in [-0.4, -0.2) is 27.2 Å². The summed E-state index contributed by atoms with van der Waals surface area (Å²) >= 11 is 5.95. The first-order valence-electron chi connectivity index (χ1n) is 6.87. The Labute approximate surface area is 140 Å². The van der Waals surface area contributed by atoms with Crippen LogP contribution in [0.15, 0.2) is 53.4 Å². The number of hydrogen-bond acceptors (Lipinski definition) is 4. The number of ether oxygens (including phenoxy) is 1. The van der Waals surface area contributed by atoms with Crippen LogP contribution in [-0.2, 0) is 15.6 Å². The van der Waals surface area contributed by atoms with E-state index >= 15 is 0 Å². The zero-order chi connectivity index (χ0) is 17.1. The van der Waals surface area contributed by atoms with Crippen LogP contribution in [0.2, 0.25) is 5.02 Å². The summed E-state index contributed by atoms with van der Waals surface area (Å²) in [5, 5.41) is 10.7. The van der Waals surface area contributed by atoms with E-state index in [-0.39, 0.29) is 16.5 Å². The fourth-order valence-corrected chi connectivity index (χ4v) is 3.51. The van der Waals surface area contributed by atoms with Gasteiger partial charge < -0.3 is 9.84 Å². The first kappa shape index (κ1) is 17.7. The highest BCUT2D eigenvalue weighted by Crippen LogP contribution is 2.27. The molecule has 0 aliphatic heterocycles. The van der Waals surface area contributed by atoms with Gasteiger partial charge in [0.05, 0.1) is 17.0 Å². The van der Waals surface area contributed by atoms with Crippen LogP contribution in [0.25, 0.3) is 0 Å². The van der Waals surface area contributed by atoms with Crippen molar-refractivity contribution in [2.24, 2.45) is 0 Å². The lowest BCUT2D eigenvalue weighted by molar-refractivity contribution is 0.0627. The number of nitrogens with one attached hydrogen (secondary N) is 1. The summed E-state index contributed by atoms with van der Waals surface area (Å²) in [6.45, 7) is 1.38. The van der Waals surface area contributed by atoms with Gasteiger partial charge in [-0.1, -0.05) is 41.9 Å². The molecule has 0 spiro atoms. The summed E-state index contributed by atoms with van der Waals surface area (Å²) in [6.07, 6.45) is 0. The lowest BCUT2D eigenvalue weighted by atomic mass is 9.97. The standard InChI is InChI=1S/C16H18ClNO4S/c1-16(19,12-6-4-3-5-7-12)11-18-23(20,21)13-8-9-15(22-2)14(17)10-13/h3-10,18-19H,11H2,1-2H3. The topological polar surface area (TPSA) is 75.6 Å². The molecule has 0 saturated carbocycles. The molecule has 124 valence electrons. The molecule has 1 unspecified atom stereocenters. The van der Waals surface area contributed by atoms with E-state index < -0.39 is 15.6 Å². The minimum atomic E-state index is -3.80. The SMILES string of the molecule is COc1ccc(S(=O)(=O)NCC(C)(O)c2ccccc2)cc1Cl. The Bertz CT molecular complexity index is 776. The molecule has 5 nitrogen and oxygen atoms in total. The van der Waals surface area contributed by atoms with E-state index in [2.05, 4.69) is 4.72 Å². The molecule has 23 heavy (non-hydrogen) atoms. The van der Waals surface area contributed by atoms with E-state index in [1.165, 1.54) is 25.3 Å². The van der Waals surface area contributed by atoms with Gasteiger partial charge in [0.25, 0.3) is 0 Å². The predicted molar refractivity (Wildman–Crippen MR) is 89.2 cm³/mol. The number of rotatable bonds is 6. The van der Waals surface area contributed by atoms with Crippen LogP contribution in [0.4, 0.5) is 0 Å². The third kappa shape index (κ3) is 4.23. The number of benzene rings is 2. The van der Waals surface area contributed by atoms with Gasteiger partial charge in [0.15, 0.2) is 0 Å². The van der Waals surface area contributed by atoms with Crippen molar-refractivity contribution in [3.8, 4) is 5.75 Å². The molecule has 0 radical (unpaired) electrons. The van der Waals surface area contributed by atoms with Gasteiger partial charge in [-0.25, -0.2) is 13.1 Å². The van der Waals surface area contributed by atoms with Gasteiger partial charge >= 0.3 is 0 Å². The minimum Gasteiger partial charge on any atom is -0.495 e. The van der Waals surface area contributed by atoms with Crippen LogP contribution in [0.1, 0.15) is 12.5 Å². The highest BCUT2D eigenvalue weighted by Gasteiger charge is 2.26. The molecule has 2 N–H and O–H groups in total. The first-order chi connectivity index (χ1) is 10.8. The second kappa shape index (κ2) is 6.88. The van der Waals surface area contributed by atoms with E-state index in [1.54, 1.807) is 31.2 Å². The van der Waals surface area contributed by atoms with Crippen molar-refractivity contribution < 1.29 is 18.3 Å². The predicted octanol–water partition coefficient (Wildman–Crippen LogP) is 2.53. The van der Waals surface area contributed by atoms with E-state index in [1.807, 2.05) is 6.07 Å². The third-order valence-electron chi connectivity index (χ3n) is 3.44. The summed E-state index contributed by atoms with van der Waals surface area (Å²) in [4.78, 5) is 0.00663. The maximum Gasteiger partial charge on any atom is 0.240 e. The molecule has 2 aromatic rings. The van der Waals surface area contributed by atoms with E-state index in [4.69, 9.17) is 16.3 Å². The van der Waals surface area contributed by atoms with E-state index in [0.29, 0.717) is 11.3 Å². The molecule has 0 saturated heterocycles. The van der Waals surface area contributed by atoms with Crippen LogP contribution in [0, 0.1) is 0 Å². The molecule has 0 aliphatic carbocycles. The van der Waals surface area contributed by atoms with Crippen LogP contribution < -0.4 is 9.46 Å². The van der Waals surface area contributed by atoms with Crippen LogP contribution in [0.5, 0.6) is 5.75 Å². The molecule has 7 heteroatoms. The Balaban J connectivity index is 2.17. The number of halogens is 1. The van der Waals surface area contributed by atoms with Gasteiger partial charge in [0.1, 0.15) is 11.4 Å². The molecule has 0 heterocycles. The molecule has 0 aromatic heterocycles. The van der Waals surface area contributed by atoms with Crippen molar-refractivity contribution in [1.82, 2.24) is 4.72 Å². The molecule has 2 rings (SSSR count). The Morgan fingerprint density at radius 1 is 1.22 bits per heavy atom. The summed E-state index contributed by atoms with van der Waals surface area (Å²) in [5.74, 6) is 0.391. The van der Waals surface area contributed by atoms with E-state index in [0.717, 1.165) is 0 Å². The summed E-state index contributed by atoms with van der Waals surface area (Å²) < 4.78 is 32.1. The largest absolute Gasteiger partial charge is 0.495 e. The molecule has 0 bridgehead atoms. The quantitative estimate of drug-likeness (QED) is 0.835. The second-order valence-corrected chi connectivity index (χ2v) is 7.43. The van der Waals surface area contributed by atoms with Crippen molar-refractivity contribution in [1.29, 1.82) is 0 Å². The minimum absolute atomic E-state index is 0.00663. The Kier molecular flexibility index (Phi) is 5.31. The number of hydrogen-bond donors (Lipinski definition) is 2. The zero-order valence-corrected chi connectivity index (χ0v) is 14.4. The molecular weight excluding hydrogens is 338 g/mol. The lowest BCUT2D eigenvalue weighted by Gasteiger charge is -2.24. The van der Waals surface area contributed by atoms with Gasteiger partial charge in [-0.05, 0) is 30.7 Å². The monoisotopic (exact) mass is 355 g/mol. The summed E-state index contributed by atoms with van der Waals surface area (Å²) in [6, 6.07) is 13.0. The van der Waals surface area contributed by atoms with Crippen molar-refractivity contribution in [3.63, 3.8) is 0 Å². The molecule has 1 atom stereocenters. The van der Waals surface area contributed by atoms with Crippen molar-refractivity contribution in [2.75, 3.05) is 13.7 Å². The average molecular weight is 356 g/mol. The highest BCUT2D eigenvalue weighted by molar-refractivity contribution is 7.89. The zero-order valence-electron chi connectivity index (χ0n) is 12.8. The number of methoxy groups -OCH3 is 1. The molecular formula is C16H18ClNO4S. The van der Waals surface area contributed by atoms with Gasteiger partial charge in [-0.2, -0.15) is 0 Å². The second-order valence-electron chi connectivity index (χ2n) is 5.26. The van der Waals surface area contributed by atoms with Crippen molar-refractivity contribution in [2.45, 2.75) is 17.4 Å². The van der Waals surface area contributed by atoms with Gasteiger partial charge in [-0.15, -0.1) is 0 Å². The Morgan fingerprint density at radius 3 is 2.43 bits per heavy atom. The molecule has 0 aliphatic rings. The number of sulfonamides is 1. The smallest absolute Gasteiger partial charge is 0.240 e. The normalized spacial score (nSPS) is 14.3. The van der Waals surface area contributed by atoms with Gasteiger partial charge in [-0.3, -0.25) is 0 Å². The fourth-order valence-electron chi connectivity index (χ4n) is 2.03. The average Bonchev–Trinajstić information content (AvgIpc) is 2.54. The van der Waals surface area contributed by atoms with E-state index in [9.17, 15) is 13.5 Å². The highest BCUT2D eigenvalue weighted by atomic mass is 35.5. The van der Waals surface area contributed by atoms with Crippen LogP contribution >= 0.6 is 11.6 Å². The van der Waals surface area contributed by atoms with Crippen molar-refractivity contribution in [3.05, 3.63) is 59.1 Å². The van der Waals surface area contributed by atoms with Gasteiger partial charge in [0, 0.05) is 6.54 Å². The Hall–Kier alpha value is -1.60. The maximum atomic E-state index is 12.3. The molecule has 0 amide bonds.